The topological polar surface area (TPSA) is 69.4 Å². The molecule has 1 N–H and O–H groups in total. The van der Waals surface area contributed by atoms with E-state index in [0.29, 0.717) is 18.7 Å². The molecule has 146 valence electrons. The van der Waals surface area contributed by atoms with Gasteiger partial charge in [-0.05, 0) is 37.6 Å². The van der Waals surface area contributed by atoms with E-state index in [0.717, 1.165) is 34.6 Å². The highest BCUT2D eigenvalue weighted by Gasteiger charge is 2.25. The van der Waals surface area contributed by atoms with E-state index in [1.807, 2.05) is 23.7 Å². The van der Waals surface area contributed by atoms with Crippen molar-refractivity contribution in [2.24, 2.45) is 0 Å². The molecule has 0 aliphatic carbocycles. The molecule has 0 bridgehead atoms. The van der Waals surface area contributed by atoms with Gasteiger partial charge >= 0.3 is 0 Å². The zero-order valence-electron chi connectivity index (χ0n) is 15.9. The first-order chi connectivity index (χ1) is 13.6. The van der Waals surface area contributed by atoms with Crippen LogP contribution < -0.4 is 4.74 Å². The lowest BCUT2D eigenvalue weighted by atomic mass is 10.0. The van der Waals surface area contributed by atoms with E-state index in [4.69, 9.17) is 14.6 Å². The van der Waals surface area contributed by atoms with Crippen LogP contribution in [-0.4, -0.2) is 39.7 Å². The van der Waals surface area contributed by atoms with Gasteiger partial charge < -0.3 is 14.6 Å². The van der Waals surface area contributed by atoms with Crippen LogP contribution in [0, 0.1) is 5.82 Å². The summed E-state index contributed by atoms with van der Waals surface area (Å²) in [6.45, 7) is 2.51. The fraction of sp³-hybridized carbons (Fsp3) is 0.333. The van der Waals surface area contributed by atoms with E-state index in [2.05, 4.69) is 4.98 Å². The van der Waals surface area contributed by atoms with Crippen LogP contribution in [0.25, 0.3) is 16.9 Å². The molecular weight excluding hydrogens is 361 g/mol. The summed E-state index contributed by atoms with van der Waals surface area (Å²) in [5, 5.41) is 14.3. The first-order valence-electron chi connectivity index (χ1n) is 9.23. The second-order valence-corrected chi connectivity index (χ2v) is 6.83. The molecule has 6 nitrogen and oxygen atoms in total. The summed E-state index contributed by atoms with van der Waals surface area (Å²) in [6, 6.07) is 8.44. The lowest BCUT2D eigenvalue weighted by Crippen LogP contribution is -2.13. The number of nitrogens with zero attached hydrogens (tertiary/aromatic N) is 3. The smallest absolute Gasteiger partial charge is 0.165 e. The Kier molecular flexibility index (Phi) is 5.11. The van der Waals surface area contributed by atoms with Crippen LogP contribution in [-0.2, 0) is 24.2 Å². The SMILES string of the molecule is COc1cc(-n2nc(-c3ccnc(CO)c3)c3c2C[C@@H](C)OCC3)ccc1F. The minimum absolute atomic E-state index is 0.0531. The number of aliphatic hydroxyl groups is 1. The van der Waals surface area contributed by atoms with Crippen LogP contribution in [0.4, 0.5) is 4.39 Å². The number of hydrogen-bond acceptors (Lipinski definition) is 5. The fourth-order valence-corrected chi connectivity index (χ4v) is 3.59. The maximum absolute atomic E-state index is 13.9. The zero-order chi connectivity index (χ0) is 19.7. The van der Waals surface area contributed by atoms with Crippen LogP contribution in [0.5, 0.6) is 5.75 Å². The van der Waals surface area contributed by atoms with Crippen molar-refractivity contribution in [3.05, 3.63) is 59.3 Å². The number of hydrogen-bond donors (Lipinski definition) is 1. The highest BCUT2D eigenvalue weighted by molar-refractivity contribution is 5.65. The van der Waals surface area contributed by atoms with Crippen molar-refractivity contribution in [1.82, 2.24) is 14.8 Å². The van der Waals surface area contributed by atoms with Crippen molar-refractivity contribution in [1.29, 1.82) is 0 Å². The molecule has 2 aromatic heterocycles. The molecule has 1 aliphatic heterocycles. The van der Waals surface area contributed by atoms with Crippen molar-refractivity contribution >= 4 is 0 Å². The molecule has 0 fully saturated rings. The van der Waals surface area contributed by atoms with Gasteiger partial charge in [0.05, 0.1) is 49.2 Å². The molecule has 3 aromatic rings. The summed E-state index contributed by atoms with van der Waals surface area (Å²) >= 11 is 0. The Bertz CT molecular complexity index is 1000. The van der Waals surface area contributed by atoms with Crippen molar-refractivity contribution in [2.45, 2.75) is 32.5 Å². The zero-order valence-corrected chi connectivity index (χ0v) is 15.9. The van der Waals surface area contributed by atoms with Crippen LogP contribution in [0.15, 0.2) is 36.5 Å². The maximum Gasteiger partial charge on any atom is 0.165 e. The maximum atomic E-state index is 13.9. The first kappa shape index (κ1) is 18.6. The molecule has 0 spiro atoms. The molecule has 0 saturated heterocycles. The monoisotopic (exact) mass is 383 g/mol. The fourth-order valence-electron chi connectivity index (χ4n) is 3.59. The van der Waals surface area contributed by atoms with E-state index in [-0.39, 0.29) is 18.5 Å². The van der Waals surface area contributed by atoms with Crippen LogP contribution in [0.2, 0.25) is 0 Å². The minimum atomic E-state index is -0.414. The van der Waals surface area contributed by atoms with Crippen LogP contribution >= 0.6 is 0 Å². The molecule has 0 unspecified atom stereocenters. The molecular formula is C21H22FN3O3. The summed E-state index contributed by atoms with van der Waals surface area (Å²) in [5.41, 5.74) is 5.17. The van der Waals surface area contributed by atoms with Crippen molar-refractivity contribution in [2.75, 3.05) is 13.7 Å². The molecule has 0 amide bonds. The number of rotatable bonds is 4. The number of ether oxygens (including phenoxy) is 2. The average Bonchev–Trinajstić information content (AvgIpc) is 2.95. The molecule has 7 heteroatoms. The number of halogens is 1. The third kappa shape index (κ3) is 3.39. The van der Waals surface area contributed by atoms with Gasteiger partial charge in [0, 0.05) is 29.8 Å². The molecule has 1 aromatic carbocycles. The van der Waals surface area contributed by atoms with Gasteiger partial charge in [0.1, 0.15) is 0 Å². The normalized spacial score (nSPS) is 16.5. The lowest BCUT2D eigenvalue weighted by molar-refractivity contribution is 0.0735. The molecule has 0 saturated carbocycles. The second kappa shape index (κ2) is 7.69. The second-order valence-electron chi connectivity index (χ2n) is 6.83. The molecule has 4 rings (SSSR count). The predicted molar refractivity (Wildman–Crippen MR) is 102 cm³/mol. The number of methoxy groups -OCH3 is 1. The average molecular weight is 383 g/mol. The Hall–Kier alpha value is -2.77. The van der Waals surface area contributed by atoms with Gasteiger partial charge in [-0.2, -0.15) is 5.10 Å². The summed E-state index contributed by atoms with van der Waals surface area (Å²) in [4.78, 5) is 4.16. The standard InChI is InChI=1S/C21H22FN3O3/c1-13-9-19-17(6-8-28-13)21(14-5-7-23-15(10-14)12-26)24-25(19)16-3-4-18(22)20(11-16)27-2/h3-5,7,10-11,13,26H,6,8-9,12H2,1-2H3/t13-/m1/s1. The lowest BCUT2D eigenvalue weighted by Gasteiger charge is -2.12. The molecule has 3 heterocycles. The van der Waals surface area contributed by atoms with E-state index in [9.17, 15) is 9.50 Å². The third-order valence-corrected chi connectivity index (χ3v) is 4.96. The quantitative estimate of drug-likeness (QED) is 0.750. The summed E-state index contributed by atoms with van der Waals surface area (Å²) in [5.74, 6) is -0.240. The van der Waals surface area contributed by atoms with E-state index < -0.39 is 5.82 Å². The van der Waals surface area contributed by atoms with Crippen molar-refractivity contribution in [3.8, 4) is 22.7 Å². The van der Waals surface area contributed by atoms with Crippen molar-refractivity contribution in [3.63, 3.8) is 0 Å². The highest BCUT2D eigenvalue weighted by Crippen LogP contribution is 2.32. The van der Waals surface area contributed by atoms with Gasteiger partial charge in [-0.1, -0.05) is 0 Å². The Morgan fingerprint density at radius 2 is 2.18 bits per heavy atom. The molecule has 28 heavy (non-hydrogen) atoms. The number of fused-ring (bicyclic) bond motifs is 1. The Balaban J connectivity index is 1.90. The predicted octanol–water partition coefficient (Wildman–Crippen LogP) is 3.08. The highest BCUT2D eigenvalue weighted by atomic mass is 19.1. The summed E-state index contributed by atoms with van der Waals surface area (Å²) < 4.78 is 26.7. The number of aliphatic hydroxyl groups excluding tert-OH is 1. The number of pyridine rings is 1. The van der Waals surface area contributed by atoms with Crippen LogP contribution in [0.3, 0.4) is 0 Å². The van der Waals surface area contributed by atoms with E-state index >= 15 is 0 Å². The van der Waals surface area contributed by atoms with E-state index in [1.165, 1.54) is 13.2 Å². The Morgan fingerprint density at radius 1 is 1.32 bits per heavy atom. The van der Waals surface area contributed by atoms with Gasteiger partial charge in [-0.25, -0.2) is 9.07 Å². The van der Waals surface area contributed by atoms with Gasteiger partial charge in [0.15, 0.2) is 11.6 Å². The van der Waals surface area contributed by atoms with Gasteiger partial charge in [0.25, 0.3) is 0 Å². The summed E-state index contributed by atoms with van der Waals surface area (Å²) in [6.07, 6.45) is 3.14. The largest absolute Gasteiger partial charge is 0.494 e. The van der Waals surface area contributed by atoms with E-state index in [1.54, 1.807) is 18.3 Å². The number of aromatic nitrogens is 3. The molecule has 0 radical (unpaired) electrons. The van der Waals surface area contributed by atoms with Crippen LogP contribution in [0.1, 0.15) is 23.9 Å². The van der Waals surface area contributed by atoms with Crippen molar-refractivity contribution < 1.29 is 19.0 Å². The minimum Gasteiger partial charge on any atom is -0.494 e. The van der Waals surface area contributed by atoms with Gasteiger partial charge in [0.2, 0.25) is 0 Å². The first-order valence-corrected chi connectivity index (χ1v) is 9.23. The Labute approximate surface area is 162 Å². The molecule has 1 aliphatic rings. The van der Waals surface area contributed by atoms with Gasteiger partial charge in [-0.15, -0.1) is 0 Å². The van der Waals surface area contributed by atoms with Gasteiger partial charge in [-0.3, -0.25) is 4.98 Å². The Morgan fingerprint density at radius 3 is 2.96 bits per heavy atom. The molecule has 1 atom stereocenters. The third-order valence-electron chi connectivity index (χ3n) is 4.96. The number of benzene rings is 1. The summed E-state index contributed by atoms with van der Waals surface area (Å²) in [7, 11) is 1.44.